The summed E-state index contributed by atoms with van der Waals surface area (Å²) in [5.41, 5.74) is 5.82. The van der Waals surface area contributed by atoms with Gasteiger partial charge in [0.05, 0.1) is 0 Å². The molecule has 4 aliphatic carbocycles. The molecule has 0 radical (unpaired) electrons. The van der Waals surface area contributed by atoms with Crippen LogP contribution < -0.4 is 11.1 Å². The van der Waals surface area contributed by atoms with E-state index in [1.807, 2.05) is 0 Å². The first-order valence-electron chi connectivity index (χ1n) is 6.87. The molecular formula is C13H25Br2N3S. The van der Waals surface area contributed by atoms with Gasteiger partial charge >= 0.3 is 0 Å². The van der Waals surface area contributed by atoms with Crippen LogP contribution in [0.25, 0.3) is 0 Å². The molecule has 4 fully saturated rings. The van der Waals surface area contributed by atoms with Gasteiger partial charge in [0.25, 0.3) is 0 Å². The molecule has 4 rings (SSSR count). The zero-order valence-corrected chi connectivity index (χ0v) is 15.4. The molecule has 0 unspecified atom stereocenters. The van der Waals surface area contributed by atoms with Gasteiger partial charge in [0.1, 0.15) is 0 Å². The number of hydrogen-bond donors (Lipinski definition) is 3. The molecule has 0 atom stereocenters. The summed E-state index contributed by atoms with van der Waals surface area (Å²) in [6, 6.07) is 0. The lowest BCUT2D eigenvalue weighted by Gasteiger charge is -2.57. The van der Waals surface area contributed by atoms with E-state index in [9.17, 15) is 0 Å². The Morgan fingerprint density at radius 1 is 1.11 bits per heavy atom. The molecule has 4 N–H and O–H groups in total. The predicted molar refractivity (Wildman–Crippen MR) is 93.9 cm³/mol. The quantitative estimate of drug-likeness (QED) is 0.375. The zero-order valence-electron chi connectivity index (χ0n) is 11.2. The van der Waals surface area contributed by atoms with E-state index in [4.69, 9.17) is 11.1 Å². The SMILES string of the molecule is Br.Br.N=C(N)SCCNC12CC3CC(CC(C3)C1)C2. The highest BCUT2D eigenvalue weighted by Crippen LogP contribution is 2.55. The molecule has 4 aliphatic rings. The summed E-state index contributed by atoms with van der Waals surface area (Å²) in [5.74, 6) is 3.97. The lowest BCUT2D eigenvalue weighted by Crippen LogP contribution is -2.58. The van der Waals surface area contributed by atoms with Crippen molar-refractivity contribution in [2.45, 2.75) is 44.1 Å². The van der Waals surface area contributed by atoms with Gasteiger partial charge in [-0.1, -0.05) is 11.8 Å². The maximum Gasteiger partial charge on any atom is 0.151 e. The highest BCUT2D eigenvalue weighted by Gasteiger charge is 2.50. The monoisotopic (exact) mass is 413 g/mol. The third-order valence-electron chi connectivity index (χ3n) is 4.90. The normalized spacial score (nSPS) is 38.4. The first-order valence-corrected chi connectivity index (χ1v) is 7.86. The minimum atomic E-state index is 0. The van der Waals surface area contributed by atoms with Crippen LogP contribution in [0.5, 0.6) is 0 Å². The average molecular weight is 415 g/mol. The Bertz CT molecular complexity index is 290. The highest BCUT2D eigenvalue weighted by atomic mass is 79.9. The van der Waals surface area contributed by atoms with Crippen LogP contribution in [-0.4, -0.2) is 23.0 Å². The van der Waals surface area contributed by atoms with E-state index < -0.39 is 0 Å². The Labute approximate surface area is 141 Å². The number of nitrogens with two attached hydrogens (primary N) is 1. The Balaban J connectivity index is 0.000000902. The third kappa shape index (κ3) is 4.11. The Kier molecular flexibility index (Phi) is 6.69. The van der Waals surface area contributed by atoms with Crippen molar-refractivity contribution in [2.75, 3.05) is 12.3 Å². The van der Waals surface area contributed by atoms with Crippen molar-refractivity contribution < 1.29 is 0 Å². The predicted octanol–water partition coefficient (Wildman–Crippen LogP) is 3.33. The van der Waals surface area contributed by atoms with Crippen molar-refractivity contribution in [1.82, 2.24) is 5.32 Å². The van der Waals surface area contributed by atoms with Crippen molar-refractivity contribution in [3.8, 4) is 0 Å². The fourth-order valence-electron chi connectivity index (χ4n) is 4.80. The Morgan fingerprint density at radius 3 is 2.00 bits per heavy atom. The van der Waals surface area contributed by atoms with Crippen LogP contribution in [0.3, 0.4) is 0 Å². The van der Waals surface area contributed by atoms with E-state index >= 15 is 0 Å². The van der Waals surface area contributed by atoms with Crippen LogP contribution >= 0.6 is 45.7 Å². The molecule has 6 heteroatoms. The van der Waals surface area contributed by atoms with E-state index in [0.717, 1.165) is 30.1 Å². The number of amidine groups is 1. The van der Waals surface area contributed by atoms with Crippen molar-refractivity contribution in [3.05, 3.63) is 0 Å². The summed E-state index contributed by atoms with van der Waals surface area (Å²) < 4.78 is 0. The smallest absolute Gasteiger partial charge is 0.151 e. The van der Waals surface area contributed by atoms with Crippen LogP contribution in [0.4, 0.5) is 0 Å². The van der Waals surface area contributed by atoms with Gasteiger partial charge in [-0.3, -0.25) is 5.41 Å². The van der Waals surface area contributed by atoms with E-state index in [1.54, 1.807) is 0 Å². The third-order valence-corrected chi connectivity index (χ3v) is 5.62. The number of halogens is 2. The van der Waals surface area contributed by atoms with Gasteiger partial charge in [-0.15, -0.1) is 34.0 Å². The number of nitrogens with one attached hydrogen (secondary N) is 2. The van der Waals surface area contributed by atoms with E-state index in [-0.39, 0.29) is 39.1 Å². The van der Waals surface area contributed by atoms with Crippen LogP contribution in [0.15, 0.2) is 0 Å². The molecule has 4 saturated carbocycles. The standard InChI is InChI=1S/C13H23N3S.2BrH/c14-12(15)17-2-1-16-13-6-9-3-10(7-13)5-11(4-9)8-13;;/h9-11,16H,1-8H2,(H3,14,15);2*1H. The molecule has 0 aromatic carbocycles. The Morgan fingerprint density at radius 2 is 1.58 bits per heavy atom. The molecule has 0 aromatic rings. The topological polar surface area (TPSA) is 61.9 Å². The first-order chi connectivity index (χ1) is 8.15. The van der Waals surface area contributed by atoms with Crippen molar-refractivity contribution >= 4 is 50.9 Å². The summed E-state index contributed by atoms with van der Waals surface area (Å²) in [7, 11) is 0. The van der Waals surface area contributed by atoms with Gasteiger partial charge in [0.2, 0.25) is 0 Å². The molecule has 19 heavy (non-hydrogen) atoms. The van der Waals surface area contributed by atoms with Crippen LogP contribution in [0.1, 0.15) is 38.5 Å². The van der Waals surface area contributed by atoms with Crippen molar-refractivity contribution in [3.63, 3.8) is 0 Å². The number of rotatable bonds is 4. The molecular weight excluding hydrogens is 390 g/mol. The fraction of sp³-hybridized carbons (Fsp3) is 0.923. The molecule has 0 amide bonds. The highest BCUT2D eigenvalue weighted by molar-refractivity contribution is 8.93. The summed E-state index contributed by atoms with van der Waals surface area (Å²) >= 11 is 1.46. The molecule has 112 valence electrons. The van der Waals surface area contributed by atoms with Crippen molar-refractivity contribution in [1.29, 1.82) is 5.41 Å². The summed E-state index contributed by atoms with van der Waals surface area (Å²) in [5, 5.41) is 11.3. The molecule has 0 saturated heterocycles. The number of thioether (sulfide) groups is 1. The summed E-state index contributed by atoms with van der Waals surface area (Å²) in [6.07, 6.45) is 8.73. The lowest BCUT2D eigenvalue weighted by molar-refractivity contribution is -0.0185. The number of hydrogen-bond acceptors (Lipinski definition) is 3. The van der Waals surface area contributed by atoms with Gasteiger partial charge < -0.3 is 11.1 Å². The average Bonchev–Trinajstić information content (AvgIpc) is 2.22. The molecule has 0 aromatic heterocycles. The summed E-state index contributed by atoms with van der Waals surface area (Å²) in [4.78, 5) is 0. The summed E-state index contributed by atoms with van der Waals surface area (Å²) in [6.45, 7) is 1.01. The van der Waals surface area contributed by atoms with Gasteiger partial charge in [0.15, 0.2) is 5.17 Å². The second-order valence-electron chi connectivity index (χ2n) is 6.34. The minimum Gasteiger partial charge on any atom is -0.379 e. The maximum atomic E-state index is 7.21. The van der Waals surface area contributed by atoms with Gasteiger partial charge in [-0.25, -0.2) is 0 Å². The fourth-order valence-corrected chi connectivity index (χ4v) is 5.23. The second kappa shape index (κ2) is 7.14. The molecule has 4 bridgehead atoms. The van der Waals surface area contributed by atoms with E-state index in [2.05, 4.69) is 5.32 Å². The Hall–Kier alpha value is 0.740. The van der Waals surface area contributed by atoms with E-state index in [1.165, 1.54) is 50.3 Å². The van der Waals surface area contributed by atoms with E-state index in [0.29, 0.717) is 5.54 Å². The molecule has 0 heterocycles. The van der Waals surface area contributed by atoms with Crippen LogP contribution in [-0.2, 0) is 0 Å². The second-order valence-corrected chi connectivity index (χ2v) is 7.47. The molecule has 0 aliphatic heterocycles. The lowest BCUT2D eigenvalue weighted by atomic mass is 9.53. The van der Waals surface area contributed by atoms with Crippen molar-refractivity contribution in [2.24, 2.45) is 23.5 Å². The van der Waals surface area contributed by atoms with Gasteiger partial charge in [-0.2, -0.15) is 0 Å². The largest absolute Gasteiger partial charge is 0.379 e. The first kappa shape index (κ1) is 17.8. The van der Waals surface area contributed by atoms with Crippen LogP contribution in [0, 0.1) is 23.2 Å². The van der Waals surface area contributed by atoms with Crippen LogP contribution in [0.2, 0.25) is 0 Å². The van der Waals surface area contributed by atoms with Gasteiger partial charge in [-0.05, 0) is 56.3 Å². The zero-order chi connectivity index (χ0) is 11.9. The van der Waals surface area contributed by atoms with Gasteiger partial charge in [0, 0.05) is 17.8 Å². The molecule has 0 spiro atoms. The minimum absolute atomic E-state index is 0. The molecule has 3 nitrogen and oxygen atoms in total. The maximum absolute atomic E-state index is 7.21.